The quantitative estimate of drug-likeness (QED) is 0.282. The Morgan fingerprint density at radius 3 is 2.37 bits per heavy atom. The van der Waals surface area contributed by atoms with Crippen LogP contribution in [0.25, 0.3) is 0 Å². The molecule has 0 radical (unpaired) electrons. The van der Waals surface area contributed by atoms with Gasteiger partial charge in [-0.25, -0.2) is 0 Å². The zero-order valence-corrected chi connectivity index (χ0v) is 21.8. The van der Waals surface area contributed by atoms with E-state index < -0.39 is 11.8 Å². The Morgan fingerprint density at radius 2 is 1.66 bits per heavy atom. The van der Waals surface area contributed by atoms with E-state index in [4.69, 9.17) is 21.7 Å². The molecule has 0 heterocycles. The van der Waals surface area contributed by atoms with E-state index in [1.807, 2.05) is 62.4 Å². The van der Waals surface area contributed by atoms with Gasteiger partial charge in [0.1, 0.15) is 11.5 Å². The van der Waals surface area contributed by atoms with Gasteiger partial charge in [-0.2, -0.15) is 0 Å². The molecule has 0 spiro atoms. The van der Waals surface area contributed by atoms with Crippen LogP contribution in [-0.2, 0) is 11.2 Å². The molecule has 2 amide bonds. The third-order valence-electron chi connectivity index (χ3n) is 4.92. The highest BCUT2D eigenvalue weighted by Crippen LogP contribution is 2.26. The van der Waals surface area contributed by atoms with Crippen molar-refractivity contribution in [1.29, 1.82) is 0 Å². The van der Waals surface area contributed by atoms with Crippen molar-refractivity contribution in [3.05, 3.63) is 93.5 Å². The molecule has 3 rings (SSSR count). The van der Waals surface area contributed by atoms with Crippen molar-refractivity contribution in [1.82, 2.24) is 16.2 Å². The molecular formula is C26H26BrN3O4S. The molecular weight excluding hydrogens is 530 g/mol. The minimum Gasteiger partial charge on any atom is -0.492 e. The van der Waals surface area contributed by atoms with Gasteiger partial charge in [0, 0.05) is 12.0 Å². The summed E-state index contributed by atoms with van der Waals surface area (Å²) in [6, 6.07) is 20.7. The van der Waals surface area contributed by atoms with Crippen LogP contribution in [0.5, 0.6) is 11.5 Å². The first-order valence-electron chi connectivity index (χ1n) is 10.9. The Hall–Kier alpha value is -3.43. The van der Waals surface area contributed by atoms with Crippen molar-refractivity contribution in [3.8, 4) is 11.5 Å². The Balaban J connectivity index is 1.41. The summed E-state index contributed by atoms with van der Waals surface area (Å²) in [5.74, 6) is 0.384. The van der Waals surface area contributed by atoms with Gasteiger partial charge in [0.25, 0.3) is 11.8 Å². The summed E-state index contributed by atoms with van der Waals surface area (Å²) in [6.45, 7) is 4.20. The predicted octanol–water partition coefficient (Wildman–Crippen LogP) is 4.40. The van der Waals surface area contributed by atoms with E-state index in [2.05, 4.69) is 32.1 Å². The topological polar surface area (TPSA) is 88.7 Å². The van der Waals surface area contributed by atoms with Crippen molar-refractivity contribution in [2.75, 3.05) is 13.2 Å². The Labute approximate surface area is 218 Å². The average Bonchev–Trinajstić information content (AvgIpc) is 2.83. The van der Waals surface area contributed by atoms with Gasteiger partial charge in [-0.3, -0.25) is 25.8 Å². The number of halogens is 1. The van der Waals surface area contributed by atoms with E-state index in [0.29, 0.717) is 28.1 Å². The molecule has 0 saturated heterocycles. The van der Waals surface area contributed by atoms with Gasteiger partial charge < -0.3 is 9.47 Å². The Kier molecular flexibility index (Phi) is 9.63. The number of carbonyl (C=O) groups is 2. The lowest BCUT2D eigenvalue weighted by atomic mass is 10.1. The summed E-state index contributed by atoms with van der Waals surface area (Å²) >= 11 is 8.53. The highest BCUT2D eigenvalue weighted by atomic mass is 79.9. The van der Waals surface area contributed by atoms with E-state index in [-0.39, 0.29) is 11.7 Å². The summed E-state index contributed by atoms with van der Waals surface area (Å²) in [6.07, 6.45) is 0.775. The number of benzene rings is 3. The fourth-order valence-corrected chi connectivity index (χ4v) is 3.79. The number of rotatable bonds is 8. The number of amides is 2. The van der Waals surface area contributed by atoms with Crippen LogP contribution in [0.15, 0.2) is 71.2 Å². The predicted molar refractivity (Wildman–Crippen MR) is 143 cm³/mol. The minimum atomic E-state index is -0.443. The van der Waals surface area contributed by atoms with Crippen LogP contribution >= 0.6 is 28.1 Å². The zero-order valence-electron chi connectivity index (χ0n) is 19.4. The zero-order chi connectivity index (χ0) is 25.2. The first-order valence-corrected chi connectivity index (χ1v) is 12.1. The normalized spacial score (nSPS) is 10.3. The molecule has 7 nitrogen and oxygen atoms in total. The molecule has 9 heteroatoms. The first-order chi connectivity index (χ1) is 16.8. The number of carbonyl (C=O) groups excluding carboxylic acids is 2. The molecule has 0 aliphatic heterocycles. The van der Waals surface area contributed by atoms with Gasteiger partial charge in [0.2, 0.25) is 0 Å². The second-order valence-corrected chi connectivity index (χ2v) is 9.01. The third kappa shape index (κ3) is 8.38. The lowest BCUT2D eigenvalue weighted by Crippen LogP contribution is -2.49. The summed E-state index contributed by atoms with van der Waals surface area (Å²) < 4.78 is 12.0. The number of hydrazine groups is 1. The highest BCUT2D eigenvalue weighted by molar-refractivity contribution is 9.10. The lowest BCUT2D eigenvalue weighted by molar-refractivity contribution is -0.123. The van der Waals surface area contributed by atoms with Crippen molar-refractivity contribution in [2.24, 2.45) is 0 Å². The SMILES string of the molecule is Cc1ccc(OCC(=O)NNC(=S)NC(=O)c2ccc(OCCc3ccccc3)c(Br)c2)c(C)c1. The number of hydrogen-bond acceptors (Lipinski definition) is 5. The molecule has 3 aromatic carbocycles. The standard InChI is InChI=1S/C26H26BrN3O4S/c1-17-8-10-22(18(2)14-17)34-16-24(31)29-30-26(35)28-25(32)20-9-11-23(21(27)15-20)33-13-12-19-6-4-3-5-7-19/h3-11,14-15H,12-13,16H2,1-2H3,(H,29,31)(H2,28,30,32,35). The van der Waals surface area contributed by atoms with Crippen molar-refractivity contribution in [3.63, 3.8) is 0 Å². The highest BCUT2D eigenvalue weighted by Gasteiger charge is 2.12. The molecule has 0 atom stereocenters. The van der Waals surface area contributed by atoms with Crippen LogP contribution in [0.1, 0.15) is 27.0 Å². The molecule has 3 N–H and O–H groups in total. The smallest absolute Gasteiger partial charge is 0.276 e. The summed E-state index contributed by atoms with van der Waals surface area (Å²) in [4.78, 5) is 24.5. The molecule has 0 aliphatic rings. The Bertz CT molecular complexity index is 1200. The van der Waals surface area contributed by atoms with Crippen LogP contribution in [0.3, 0.4) is 0 Å². The van der Waals surface area contributed by atoms with E-state index >= 15 is 0 Å². The van der Waals surface area contributed by atoms with Gasteiger partial charge in [0.05, 0.1) is 11.1 Å². The maximum absolute atomic E-state index is 12.5. The largest absolute Gasteiger partial charge is 0.492 e. The average molecular weight is 556 g/mol. The van der Waals surface area contributed by atoms with Crippen LogP contribution in [0, 0.1) is 13.8 Å². The maximum atomic E-state index is 12.5. The first kappa shape index (κ1) is 26.2. The second-order valence-electron chi connectivity index (χ2n) is 7.74. The van der Waals surface area contributed by atoms with Gasteiger partial charge >= 0.3 is 0 Å². The van der Waals surface area contributed by atoms with Gasteiger partial charge in [-0.15, -0.1) is 0 Å². The number of aryl methyl sites for hydroxylation is 2. The molecule has 0 aliphatic carbocycles. The fourth-order valence-electron chi connectivity index (χ4n) is 3.16. The number of hydrogen-bond donors (Lipinski definition) is 3. The monoisotopic (exact) mass is 555 g/mol. The summed E-state index contributed by atoms with van der Waals surface area (Å²) in [7, 11) is 0. The van der Waals surface area contributed by atoms with Gasteiger partial charge in [0.15, 0.2) is 11.7 Å². The number of ether oxygens (including phenoxy) is 2. The fraction of sp³-hybridized carbons (Fsp3) is 0.192. The van der Waals surface area contributed by atoms with E-state index in [1.165, 1.54) is 5.56 Å². The summed E-state index contributed by atoms with van der Waals surface area (Å²) in [5.41, 5.74) is 8.50. The van der Waals surface area contributed by atoms with E-state index in [0.717, 1.165) is 17.5 Å². The molecule has 3 aromatic rings. The second kappa shape index (κ2) is 12.9. The van der Waals surface area contributed by atoms with E-state index in [1.54, 1.807) is 18.2 Å². The van der Waals surface area contributed by atoms with Gasteiger partial charge in [-0.05, 0) is 77.4 Å². The molecule has 0 bridgehead atoms. The lowest BCUT2D eigenvalue weighted by Gasteiger charge is -2.13. The van der Waals surface area contributed by atoms with Crippen LogP contribution in [0.4, 0.5) is 0 Å². The van der Waals surface area contributed by atoms with Crippen molar-refractivity contribution in [2.45, 2.75) is 20.3 Å². The Morgan fingerprint density at radius 1 is 0.914 bits per heavy atom. The molecule has 0 unspecified atom stereocenters. The molecule has 35 heavy (non-hydrogen) atoms. The molecule has 0 fully saturated rings. The van der Waals surface area contributed by atoms with Gasteiger partial charge in [-0.1, -0.05) is 48.0 Å². The summed E-state index contributed by atoms with van der Waals surface area (Å²) in [5, 5.41) is 2.47. The third-order valence-corrected chi connectivity index (χ3v) is 5.74. The molecule has 0 aromatic heterocycles. The van der Waals surface area contributed by atoms with Crippen molar-refractivity contribution >= 4 is 45.1 Å². The number of nitrogens with one attached hydrogen (secondary N) is 3. The maximum Gasteiger partial charge on any atom is 0.276 e. The number of thiocarbonyl (C=S) groups is 1. The van der Waals surface area contributed by atoms with Crippen LogP contribution in [-0.4, -0.2) is 30.1 Å². The minimum absolute atomic E-state index is 0.0471. The molecule has 182 valence electrons. The van der Waals surface area contributed by atoms with E-state index in [9.17, 15) is 9.59 Å². The van der Waals surface area contributed by atoms with Crippen LogP contribution in [0.2, 0.25) is 0 Å². The van der Waals surface area contributed by atoms with Crippen molar-refractivity contribution < 1.29 is 19.1 Å². The molecule has 0 saturated carbocycles. The van der Waals surface area contributed by atoms with Crippen LogP contribution < -0.4 is 25.6 Å².